The number of nitriles is 1. The Morgan fingerprint density at radius 3 is 2.60 bits per heavy atom. The van der Waals surface area contributed by atoms with Crippen molar-refractivity contribution in [3.63, 3.8) is 0 Å². The molecule has 1 amide bonds. The zero-order valence-corrected chi connectivity index (χ0v) is 13.2. The van der Waals surface area contributed by atoms with E-state index < -0.39 is 0 Å². The van der Waals surface area contributed by atoms with Gasteiger partial charge in [-0.2, -0.15) is 5.26 Å². The minimum absolute atomic E-state index is 0.0234. The summed E-state index contributed by atoms with van der Waals surface area (Å²) in [5.41, 5.74) is 1.03. The van der Waals surface area contributed by atoms with E-state index in [1.165, 1.54) is 0 Å². The third-order valence-corrected chi connectivity index (χ3v) is 4.41. The molecule has 102 valence electrons. The molecule has 0 unspecified atom stereocenters. The number of rotatable bonds is 5. The van der Waals surface area contributed by atoms with Gasteiger partial charge in [0.1, 0.15) is 6.54 Å². The molecule has 2 rings (SSSR count). The van der Waals surface area contributed by atoms with Gasteiger partial charge in [0, 0.05) is 11.4 Å². The molecule has 0 N–H and O–H groups in total. The fourth-order valence-corrected chi connectivity index (χ4v) is 3.30. The Morgan fingerprint density at radius 2 is 2.00 bits per heavy atom. The quantitative estimate of drug-likeness (QED) is 0.774. The highest BCUT2D eigenvalue weighted by atomic mass is 79.9. The van der Waals surface area contributed by atoms with Crippen molar-refractivity contribution in [1.82, 2.24) is 4.90 Å². The third-order valence-electron chi connectivity index (χ3n) is 2.78. The number of nitrogens with zero attached hydrogens (tertiary/aromatic N) is 2. The lowest BCUT2D eigenvalue weighted by Gasteiger charge is -2.19. The molecule has 0 saturated carbocycles. The van der Waals surface area contributed by atoms with E-state index in [0.717, 1.165) is 14.2 Å². The van der Waals surface area contributed by atoms with E-state index in [0.29, 0.717) is 13.0 Å². The van der Waals surface area contributed by atoms with Gasteiger partial charge in [-0.3, -0.25) is 4.79 Å². The molecule has 0 saturated heterocycles. The molecule has 0 atom stereocenters. The summed E-state index contributed by atoms with van der Waals surface area (Å²) in [6.45, 7) is 0.583. The van der Waals surface area contributed by atoms with Gasteiger partial charge in [-0.1, -0.05) is 30.3 Å². The van der Waals surface area contributed by atoms with E-state index in [-0.39, 0.29) is 12.5 Å². The van der Waals surface area contributed by atoms with E-state index in [2.05, 4.69) is 22.0 Å². The van der Waals surface area contributed by atoms with Crippen LogP contribution >= 0.6 is 27.3 Å². The molecule has 20 heavy (non-hydrogen) atoms. The lowest BCUT2D eigenvalue weighted by Crippen LogP contribution is -2.32. The van der Waals surface area contributed by atoms with E-state index >= 15 is 0 Å². The Bertz CT molecular complexity index is 618. The van der Waals surface area contributed by atoms with Crippen molar-refractivity contribution in [3.8, 4) is 6.07 Å². The van der Waals surface area contributed by atoms with Crippen LogP contribution in [0.25, 0.3) is 0 Å². The second-order valence-electron chi connectivity index (χ2n) is 4.28. The number of hydrogen-bond acceptors (Lipinski definition) is 3. The standard InChI is InChI=1S/C15H13BrN2OS/c16-14-7-6-13(20-14)10-15(19)18(9-8-17)11-12-4-2-1-3-5-12/h1-7H,9-11H2. The average Bonchev–Trinajstić information content (AvgIpc) is 2.85. The van der Waals surface area contributed by atoms with Crippen LogP contribution in [-0.2, 0) is 17.8 Å². The van der Waals surface area contributed by atoms with Crippen LogP contribution in [-0.4, -0.2) is 17.4 Å². The summed E-state index contributed by atoms with van der Waals surface area (Å²) >= 11 is 4.93. The van der Waals surface area contributed by atoms with Crippen LogP contribution in [0.1, 0.15) is 10.4 Å². The van der Waals surface area contributed by atoms with Crippen molar-refractivity contribution in [2.24, 2.45) is 0 Å². The molecule has 0 radical (unpaired) electrons. The summed E-state index contributed by atoms with van der Waals surface area (Å²) < 4.78 is 1.01. The molecule has 1 aromatic carbocycles. The summed E-state index contributed by atoms with van der Waals surface area (Å²) in [5, 5.41) is 8.88. The smallest absolute Gasteiger partial charge is 0.228 e. The molecular formula is C15H13BrN2OS. The summed E-state index contributed by atoms with van der Waals surface area (Å²) in [4.78, 5) is 14.9. The van der Waals surface area contributed by atoms with Gasteiger partial charge in [0.05, 0.1) is 16.3 Å². The monoisotopic (exact) mass is 348 g/mol. The van der Waals surface area contributed by atoms with Gasteiger partial charge in [0.25, 0.3) is 0 Å². The number of benzene rings is 1. The predicted octanol–water partition coefficient (Wildman–Crippen LogP) is 3.61. The van der Waals surface area contributed by atoms with Crippen LogP contribution < -0.4 is 0 Å². The first-order valence-electron chi connectivity index (χ1n) is 6.12. The maximum atomic E-state index is 12.3. The van der Waals surface area contributed by atoms with Gasteiger partial charge in [-0.25, -0.2) is 0 Å². The second-order valence-corrected chi connectivity index (χ2v) is 6.82. The van der Waals surface area contributed by atoms with Gasteiger partial charge in [-0.15, -0.1) is 11.3 Å². The number of carbonyl (C=O) groups is 1. The molecule has 0 fully saturated rings. The molecule has 0 aliphatic carbocycles. The van der Waals surface area contributed by atoms with Crippen molar-refractivity contribution in [3.05, 3.63) is 56.7 Å². The molecule has 0 bridgehead atoms. The number of amides is 1. The van der Waals surface area contributed by atoms with Crippen molar-refractivity contribution >= 4 is 33.2 Å². The van der Waals surface area contributed by atoms with Crippen LogP contribution in [0.15, 0.2) is 46.3 Å². The van der Waals surface area contributed by atoms with Crippen molar-refractivity contribution < 1.29 is 4.79 Å². The lowest BCUT2D eigenvalue weighted by molar-refractivity contribution is -0.130. The van der Waals surface area contributed by atoms with Crippen LogP contribution in [0.4, 0.5) is 0 Å². The molecule has 1 heterocycles. The van der Waals surface area contributed by atoms with Gasteiger partial charge in [0.2, 0.25) is 5.91 Å². The van der Waals surface area contributed by atoms with Gasteiger partial charge < -0.3 is 4.90 Å². The maximum Gasteiger partial charge on any atom is 0.228 e. The van der Waals surface area contributed by atoms with Crippen LogP contribution in [0.2, 0.25) is 0 Å². The van der Waals surface area contributed by atoms with Crippen LogP contribution in [0, 0.1) is 11.3 Å². The zero-order chi connectivity index (χ0) is 14.4. The fourth-order valence-electron chi connectivity index (χ4n) is 1.83. The molecular weight excluding hydrogens is 336 g/mol. The maximum absolute atomic E-state index is 12.3. The molecule has 1 aromatic heterocycles. The number of halogens is 1. The largest absolute Gasteiger partial charge is 0.325 e. The Balaban J connectivity index is 2.04. The fraction of sp³-hybridized carbons (Fsp3) is 0.200. The zero-order valence-electron chi connectivity index (χ0n) is 10.8. The third kappa shape index (κ3) is 4.19. The molecule has 0 aliphatic heterocycles. The normalized spacial score (nSPS) is 10.0. The highest BCUT2D eigenvalue weighted by Crippen LogP contribution is 2.23. The Kier molecular flexibility index (Phi) is 5.33. The molecule has 2 aromatic rings. The molecule has 5 heteroatoms. The highest BCUT2D eigenvalue weighted by Gasteiger charge is 2.15. The highest BCUT2D eigenvalue weighted by molar-refractivity contribution is 9.11. The van der Waals surface area contributed by atoms with Gasteiger partial charge >= 0.3 is 0 Å². The second kappa shape index (κ2) is 7.22. The lowest BCUT2D eigenvalue weighted by atomic mass is 10.2. The number of thiophene rings is 1. The summed E-state index contributed by atoms with van der Waals surface area (Å²) in [6, 6.07) is 15.6. The first-order valence-corrected chi connectivity index (χ1v) is 7.73. The Hall–Kier alpha value is -1.64. The minimum Gasteiger partial charge on any atom is -0.325 e. The van der Waals surface area contributed by atoms with Crippen molar-refractivity contribution in [2.45, 2.75) is 13.0 Å². The van der Waals surface area contributed by atoms with Gasteiger partial charge in [-0.05, 0) is 33.6 Å². The molecule has 0 aliphatic rings. The van der Waals surface area contributed by atoms with E-state index in [4.69, 9.17) is 5.26 Å². The topological polar surface area (TPSA) is 44.1 Å². The van der Waals surface area contributed by atoms with E-state index in [1.807, 2.05) is 42.5 Å². The summed E-state index contributed by atoms with van der Waals surface area (Å²) in [5.74, 6) is -0.0234. The first kappa shape index (κ1) is 14.8. The van der Waals surface area contributed by atoms with Crippen molar-refractivity contribution in [2.75, 3.05) is 6.54 Å². The van der Waals surface area contributed by atoms with E-state index in [1.54, 1.807) is 16.2 Å². The molecule has 3 nitrogen and oxygen atoms in total. The Morgan fingerprint density at radius 1 is 1.25 bits per heavy atom. The minimum atomic E-state index is -0.0234. The SMILES string of the molecule is N#CCN(Cc1ccccc1)C(=O)Cc1ccc(Br)s1. The molecule has 0 spiro atoms. The van der Waals surface area contributed by atoms with Crippen LogP contribution in [0.3, 0.4) is 0 Å². The predicted molar refractivity (Wildman–Crippen MR) is 83.2 cm³/mol. The summed E-state index contributed by atoms with van der Waals surface area (Å²) in [6.07, 6.45) is 0.338. The Labute approximate surface area is 130 Å². The van der Waals surface area contributed by atoms with Crippen LogP contribution in [0.5, 0.6) is 0 Å². The number of carbonyl (C=O) groups excluding carboxylic acids is 1. The van der Waals surface area contributed by atoms with Gasteiger partial charge in [0.15, 0.2) is 0 Å². The average molecular weight is 349 g/mol. The summed E-state index contributed by atoms with van der Waals surface area (Å²) in [7, 11) is 0. The van der Waals surface area contributed by atoms with Crippen molar-refractivity contribution in [1.29, 1.82) is 5.26 Å². The number of hydrogen-bond donors (Lipinski definition) is 0. The first-order chi connectivity index (χ1) is 9.69. The van der Waals surface area contributed by atoms with E-state index in [9.17, 15) is 4.79 Å².